The highest BCUT2D eigenvalue weighted by Gasteiger charge is 2.39. The molecule has 31 heavy (non-hydrogen) atoms. The molecule has 0 bridgehead atoms. The van der Waals surface area contributed by atoms with Crippen molar-refractivity contribution in [3.05, 3.63) is 48.9 Å². The molecule has 2 N–H and O–H groups in total. The first-order chi connectivity index (χ1) is 15.1. The number of nitrogens with one attached hydrogen (secondary N) is 1. The topological polar surface area (TPSA) is 83.4 Å². The second-order valence-electron chi connectivity index (χ2n) is 8.49. The number of aromatic nitrogens is 3. The number of methoxy groups -OCH3 is 1. The van der Waals surface area contributed by atoms with E-state index in [1.165, 1.54) is 12.8 Å². The highest BCUT2D eigenvalue weighted by molar-refractivity contribution is 5.74. The molecule has 0 unspecified atom stereocenters. The van der Waals surface area contributed by atoms with E-state index in [9.17, 15) is 5.11 Å². The smallest absolute Gasteiger partial charge is 0.213 e. The number of fused-ring (bicyclic) bond motifs is 1. The normalized spacial score (nSPS) is 22.3. The molecule has 2 aliphatic rings. The van der Waals surface area contributed by atoms with Crippen LogP contribution in [-0.4, -0.2) is 53.3 Å². The van der Waals surface area contributed by atoms with Crippen LogP contribution in [0, 0.1) is 11.8 Å². The van der Waals surface area contributed by atoms with E-state index in [-0.39, 0.29) is 5.75 Å². The molecular formula is C24H27N5O2. The van der Waals surface area contributed by atoms with E-state index in [0.717, 1.165) is 41.9 Å². The van der Waals surface area contributed by atoms with Gasteiger partial charge in [-0.3, -0.25) is 4.98 Å². The summed E-state index contributed by atoms with van der Waals surface area (Å²) in [7, 11) is 3.69. The van der Waals surface area contributed by atoms with Gasteiger partial charge in [0.05, 0.1) is 25.2 Å². The minimum Gasteiger partial charge on any atom is -0.507 e. The summed E-state index contributed by atoms with van der Waals surface area (Å²) in [6.07, 6.45) is 7.66. The first-order valence-electron chi connectivity index (χ1n) is 10.7. The van der Waals surface area contributed by atoms with Gasteiger partial charge in [0.25, 0.3) is 0 Å². The van der Waals surface area contributed by atoms with Crippen molar-refractivity contribution in [3.8, 4) is 34.0 Å². The third-order valence-corrected chi connectivity index (χ3v) is 6.73. The van der Waals surface area contributed by atoms with Gasteiger partial charge in [0.1, 0.15) is 11.6 Å². The molecule has 0 spiro atoms. The minimum absolute atomic E-state index is 0.166. The van der Waals surface area contributed by atoms with Crippen molar-refractivity contribution in [2.24, 2.45) is 11.8 Å². The molecule has 1 aromatic carbocycles. The molecular weight excluding hydrogens is 390 g/mol. The molecule has 1 aliphatic carbocycles. The fourth-order valence-corrected chi connectivity index (χ4v) is 4.91. The Morgan fingerprint density at radius 3 is 2.45 bits per heavy atom. The summed E-state index contributed by atoms with van der Waals surface area (Å²) < 4.78 is 5.19. The molecule has 5 rings (SSSR count). The van der Waals surface area contributed by atoms with Gasteiger partial charge in [-0.1, -0.05) is 6.07 Å². The van der Waals surface area contributed by atoms with Gasteiger partial charge >= 0.3 is 0 Å². The SMILES string of the molecule is COc1cc(-c2ccc(-c3cnc(N(C)[C@@H]4C[C@H]5CNC[C@H]5C4)cn3)c(O)c2)ccn1. The molecule has 1 saturated carbocycles. The van der Waals surface area contributed by atoms with E-state index in [0.29, 0.717) is 23.2 Å². The van der Waals surface area contributed by atoms with Crippen LogP contribution < -0.4 is 15.0 Å². The zero-order valence-corrected chi connectivity index (χ0v) is 17.8. The van der Waals surface area contributed by atoms with Gasteiger partial charge in [0, 0.05) is 30.9 Å². The Bertz CT molecular complexity index is 1060. The highest BCUT2D eigenvalue weighted by Crippen LogP contribution is 2.38. The molecule has 7 heteroatoms. The van der Waals surface area contributed by atoms with Crippen molar-refractivity contribution in [1.82, 2.24) is 20.3 Å². The Morgan fingerprint density at radius 1 is 1.00 bits per heavy atom. The Kier molecular flexibility index (Phi) is 5.19. The van der Waals surface area contributed by atoms with Crippen LogP contribution in [0.5, 0.6) is 11.6 Å². The average Bonchev–Trinajstić information content (AvgIpc) is 3.41. The average molecular weight is 418 g/mol. The van der Waals surface area contributed by atoms with Gasteiger partial charge in [0.2, 0.25) is 5.88 Å². The molecule has 3 aromatic rings. The van der Waals surface area contributed by atoms with Crippen molar-refractivity contribution in [2.45, 2.75) is 18.9 Å². The fraction of sp³-hybridized carbons (Fsp3) is 0.375. The molecule has 1 saturated heterocycles. The van der Waals surface area contributed by atoms with Gasteiger partial charge in [0.15, 0.2) is 0 Å². The van der Waals surface area contributed by atoms with Gasteiger partial charge in [-0.25, -0.2) is 9.97 Å². The summed E-state index contributed by atoms with van der Waals surface area (Å²) in [5, 5.41) is 14.1. The van der Waals surface area contributed by atoms with E-state index in [1.54, 1.807) is 25.6 Å². The molecule has 0 radical (unpaired) electrons. The van der Waals surface area contributed by atoms with E-state index < -0.39 is 0 Å². The van der Waals surface area contributed by atoms with Crippen molar-refractivity contribution in [3.63, 3.8) is 0 Å². The Morgan fingerprint density at radius 2 is 1.77 bits per heavy atom. The van der Waals surface area contributed by atoms with Crippen molar-refractivity contribution >= 4 is 5.82 Å². The van der Waals surface area contributed by atoms with Gasteiger partial charge in [-0.2, -0.15) is 0 Å². The van der Waals surface area contributed by atoms with Crippen LogP contribution in [-0.2, 0) is 0 Å². The Hall–Kier alpha value is -3.19. The van der Waals surface area contributed by atoms with E-state index >= 15 is 0 Å². The Labute approximate surface area is 182 Å². The molecule has 2 aromatic heterocycles. The van der Waals surface area contributed by atoms with Crippen LogP contribution in [0.4, 0.5) is 5.82 Å². The van der Waals surface area contributed by atoms with Crippen LogP contribution >= 0.6 is 0 Å². The number of hydrogen-bond donors (Lipinski definition) is 2. The standard InChI is InChI=1S/C24H27N5O2/c1-29(19-7-17-11-25-12-18(17)8-19)23-14-27-21(13-28-23)20-4-3-15(9-22(20)30)16-5-6-26-24(10-16)31-2/h3-6,9-10,13-14,17-19,25,30H,7-8,11-12H2,1-2H3/t17-,18+,19+. The number of ether oxygens (including phenoxy) is 1. The van der Waals surface area contributed by atoms with Gasteiger partial charge in [-0.15, -0.1) is 0 Å². The predicted octanol–water partition coefficient (Wildman–Crippen LogP) is 3.35. The maximum Gasteiger partial charge on any atom is 0.213 e. The van der Waals surface area contributed by atoms with Crippen molar-refractivity contribution in [1.29, 1.82) is 0 Å². The predicted molar refractivity (Wildman–Crippen MR) is 120 cm³/mol. The van der Waals surface area contributed by atoms with Gasteiger partial charge < -0.3 is 20.1 Å². The molecule has 3 atom stereocenters. The van der Waals surface area contributed by atoms with E-state index in [2.05, 4.69) is 32.2 Å². The van der Waals surface area contributed by atoms with Crippen LogP contribution in [0.25, 0.3) is 22.4 Å². The lowest BCUT2D eigenvalue weighted by Gasteiger charge is -2.26. The highest BCUT2D eigenvalue weighted by atomic mass is 16.5. The number of benzene rings is 1. The van der Waals surface area contributed by atoms with Crippen LogP contribution in [0.3, 0.4) is 0 Å². The van der Waals surface area contributed by atoms with Crippen LogP contribution in [0.1, 0.15) is 12.8 Å². The third-order valence-electron chi connectivity index (χ3n) is 6.73. The second kappa shape index (κ2) is 8.15. The first kappa shape index (κ1) is 19.8. The second-order valence-corrected chi connectivity index (χ2v) is 8.49. The fourth-order valence-electron chi connectivity index (χ4n) is 4.91. The summed E-state index contributed by atoms with van der Waals surface area (Å²) in [5.74, 6) is 3.15. The molecule has 0 amide bonds. The number of anilines is 1. The molecule has 2 fully saturated rings. The third kappa shape index (κ3) is 3.81. The summed E-state index contributed by atoms with van der Waals surface area (Å²) in [6.45, 7) is 2.28. The van der Waals surface area contributed by atoms with Crippen molar-refractivity contribution in [2.75, 3.05) is 32.1 Å². The van der Waals surface area contributed by atoms with E-state index in [4.69, 9.17) is 4.74 Å². The number of phenolic OH excluding ortho intramolecular Hbond substituents is 1. The molecule has 3 heterocycles. The minimum atomic E-state index is 0.166. The maximum absolute atomic E-state index is 10.6. The largest absolute Gasteiger partial charge is 0.507 e. The van der Waals surface area contributed by atoms with Crippen LogP contribution in [0.2, 0.25) is 0 Å². The zero-order chi connectivity index (χ0) is 21.4. The van der Waals surface area contributed by atoms with Gasteiger partial charge in [-0.05, 0) is 67.1 Å². The number of hydrogen-bond acceptors (Lipinski definition) is 7. The lowest BCUT2D eigenvalue weighted by atomic mass is 10.0. The number of rotatable bonds is 5. The number of aromatic hydroxyl groups is 1. The lowest BCUT2D eigenvalue weighted by Crippen LogP contribution is -2.31. The quantitative estimate of drug-likeness (QED) is 0.659. The Balaban J connectivity index is 1.33. The summed E-state index contributed by atoms with van der Waals surface area (Å²) in [6, 6.07) is 9.80. The monoisotopic (exact) mass is 417 g/mol. The zero-order valence-electron chi connectivity index (χ0n) is 17.8. The molecule has 1 aliphatic heterocycles. The summed E-state index contributed by atoms with van der Waals surface area (Å²) >= 11 is 0. The maximum atomic E-state index is 10.6. The lowest BCUT2D eigenvalue weighted by molar-refractivity contribution is 0.398. The summed E-state index contributed by atoms with van der Waals surface area (Å²) in [4.78, 5) is 15.6. The number of nitrogens with zero attached hydrogens (tertiary/aromatic N) is 4. The van der Waals surface area contributed by atoms with Crippen LogP contribution in [0.15, 0.2) is 48.9 Å². The van der Waals surface area contributed by atoms with E-state index in [1.807, 2.05) is 30.5 Å². The first-order valence-corrected chi connectivity index (χ1v) is 10.7. The number of pyridine rings is 1. The molecule has 7 nitrogen and oxygen atoms in total. The summed E-state index contributed by atoms with van der Waals surface area (Å²) in [5.41, 5.74) is 3.12. The number of phenols is 1. The van der Waals surface area contributed by atoms with Crippen molar-refractivity contribution < 1.29 is 9.84 Å². The molecule has 160 valence electrons.